The Kier molecular flexibility index (Phi) is 1.65. The average molecular weight is 169 g/mol. The minimum Gasteiger partial charge on any atom is -0.481 e. The molecule has 1 saturated carbocycles. The first-order valence-electron chi connectivity index (χ1n) is 4.57. The van der Waals surface area contributed by atoms with E-state index in [0.717, 1.165) is 32.4 Å². The van der Waals surface area contributed by atoms with Crippen LogP contribution in [0.2, 0.25) is 0 Å². The van der Waals surface area contributed by atoms with Crippen molar-refractivity contribution in [3.8, 4) is 0 Å². The van der Waals surface area contributed by atoms with Gasteiger partial charge in [0, 0.05) is 6.54 Å². The molecule has 68 valence electrons. The van der Waals surface area contributed by atoms with E-state index in [1.807, 2.05) is 0 Å². The van der Waals surface area contributed by atoms with Gasteiger partial charge in [-0.1, -0.05) is 0 Å². The van der Waals surface area contributed by atoms with Crippen LogP contribution in [-0.2, 0) is 4.79 Å². The molecule has 1 saturated heterocycles. The van der Waals surface area contributed by atoms with Gasteiger partial charge in [0.15, 0.2) is 0 Å². The Morgan fingerprint density at radius 1 is 1.58 bits per heavy atom. The maximum Gasteiger partial charge on any atom is 0.309 e. The summed E-state index contributed by atoms with van der Waals surface area (Å²) in [6.07, 6.45) is 2.88. The molecule has 1 heterocycles. The summed E-state index contributed by atoms with van der Waals surface area (Å²) in [4.78, 5) is 13.2. The van der Waals surface area contributed by atoms with Crippen LogP contribution in [0.5, 0.6) is 0 Å². The van der Waals surface area contributed by atoms with Crippen LogP contribution in [0, 0.1) is 11.3 Å². The first kappa shape index (κ1) is 8.05. The van der Waals surface area contributed by atoms with Crippen molar-refractivity contribution < 1.29 is 9.90 Å². The number of nitrogens with zero attached hydrogens (tertiary/aromatic N) is 1. The standard InChI is InChI=1S/C9H15NO2/c1-10-5-2-7(6-10)9(3-4-9)8(11)12/h7H,2-6H2,1H3,(H,11,12). The predicted molar refractivity (Wildman–Crippen MR) is 44.9 cm³/mol. The van der Waals surface area contributed by atoms with Gasteiger partial charge in [-0.25, -0.2) is 0 Å². The predicted octanol–water partition coefficient (Wildman–Crippen LogP) is 0.803. The number of carboxylic acids is 1. The summed E-state index contributed by atoms with van der Waals surface area (Å²) in [5.74, 6) is -0.150. The van der Waals surface area contributed by atoms with Crippen molar-refractivity contribution in [1.29, 1.82) is 0 Å². The summed E-state index contributed by atoms with van der Waals surface area (Å²) in [5, 5.41) is 9.03. The van der Waals surface area contributed by atoms with Crippen LogP contribution >= 0.6 is 0 Å². The molecule has 0 aromatic rings. The average Bonchev–Trinajstić information content (AvgIpc) is 2.71. The van der Waals surface area contributed by atoms with Gasteiger partial charge >= 0.3 is 5.97 Å². The summed E-state index contributed by atoms with van der Waals surface area (Å²) in [5.41, 5.74) is -0.315. The molecule has 2 fully saturated rings. The van der Waals surface area contributed by atoms with E-state index in [9.17, 15) is 4.79 Å². The molecule has 1 unspecified atom stereocenters. The third kappa shape index (κ3) is 1.04. The first-order valence-corrected chi connectivity index (χ1v) is 4.57. The lowest BCUT2D eigenvalue weighted by Crippen LogP contribution is -2.27. The lowest BCUT2D eigenvalue weighted by molar-refractivity contribution is -0.145. The normalized spacial score (nSPS) is 33.6. The van der Waals surface area contributed by atoms with Crippen LogP contribution in [0.3, 0.4) is 0 Å². The number of hydrogen-bond acceptors (Lipinski definition) is 2. The molecule has 1 aliphatic carbocycles. The Bertz CT molecular complexity index is 211. The summed E-state index contributed by atoms with van der Waals surface area (Å²) in [6, 6.07) is 0. The molecule has 1 N–H and O–H groups in total. The Labute approximate surface area is 72.4 Å². The van der Waals surface area contributed by atoms with Crippen LogP contribution in [0.1, 0.15) is 19.3 Å². The Balaban J connectivity index is 2.05. The molecule has 0 spiro atoms. The molecule has 12 heavy (non-hydrogen) atoms. The molecule has 1 atom stereocenters. The van der Waals surface area contributed by atoms with Gasteiger partial charge in [0.1, 0.15) is 0 Å². The van der Waals surface area contributed by atoms with Crippen molar-refractivity contribution in [1.82, 2.24) is 4.90 Å². The van der Waals surface area contributed by atoms with Crippen LogP contribution in [0.25, 0.3) is 0 Å². The third-order valence-electron chi connectivity index (χ3n) is 3.39. The molecule has 0 bridgehead atoms. The number of carbonyl (C=O) groups is 1. The van der Waals surface area contributed by atoms with Gasteiger partial charge in [0.05, 0.1) is 5.41 Å². The second-order valence-electron chi connectivity index (χ2n) is 4.21. The van der Waals surface area contributed by atoms with Gasteiger partial charge < -0.3 is 10.0 Å². The Morgan fingerprint density at radius 3 is 2.58 bits per heavy atom. The van der Waals surface area contributed by atoms with Crippen LogP contribution in [-0.4, -0.2) is 36.1 Å². The van der Waals surface area contributed by atoms with Gasteiger partial charge in [0.2, 0.25) is 0 Å². The largest absolute Gasteiger partial charge is 0.481 e. The van der Waals surface area contributed by atoms with E-state index in [1.165, 1.54) is 0 Å². The quantitative estimate of drug-likeness (QED) is 0.664. The maximum absolute atomic E-state index is 11.0. The summed E-state index contributed by atoms with van der Waals surface area (Å²) in [6.45, 7) is 2.05. The Hall–Kier alpha value is -0.570. The third-order valence-corrected chi connectivity index (χ3v) is 3.39. The van der Waals surface area contributed by atoms with E-state index < -0.39 is 5.97 Å². The first-order chi connectivity index (χ1) is 5.65. The van der Waals surface area contributed by atoms with Crippen molar-refractivity contribution in [3.05, 3.63) is 0 Å². The molecule has 1 aliphatic heterocycles. The summed E-state index contributed by atoms with van der Waals surface area (Å²) < 4.78 is 0. The maximum atomic E-state index is 11.0. The molecule has 0 radical (unpaired) electrons. The van der Waals surface area contributed by atoms with E-state index >= 15 is 0 Å². The number of rotatable bonds is 2. The van der Waals surface area contributed by atoms with Crippen LogP contribution < -0.4 is 0 Å². The van der Waals surface area contributed by atoms with Gasteiger partial charge in [-0.2, -0.15) is 0 Å². The van der Waals surface area contributed by atoms with Gasteiger partial charge in [-0.15, -0.1) is 0 Å². The van der Waals surface area contributed by atoms with Crippen LogP contribution in [0.15, 0.2) is 0 Å². The van der Waals surface area contributed by atoms with Gasteiger partial charge in [-0.05, 0) is 38.8 Å². The lowest BCUT2D eigenvalue weighted by atomic mass is 9.88. The minimum absolute atomic E-state index is 0.315. The van der Waals surface area contributed by atoms with E-state index in [-0.39, 0.29) is 5.41 Å². The SMILES string of the molecule is CN1CCC(C2(C(=O)O)CC2)C1. The second-order valence-corrected chi connectivity index (χ2v) is 4.21. The highest BCUT2D eigenvalue weighted by molar-refractivity contribution is 5.78. The van der Waals surface area contributed by atoms with Gasteiger partial charge in [-0.3, -0.25) is 4.79 Å². The zero-order valence-electron chi connectivity index (χ0n) is 7.42. The van der Waals surface area contributed by atoms with E-state index in [2.05, 4.69) is 11.9 Å². The number of likely N-dealkylation sites (tertiary alicyclic amines) is 1. The molecule has 0 aromatic heterocycles. The van der Waals surface area contributed by atoms with Crippen molar-refractivity contribution in [2.75, 3.05) is 20.1 Å². The summed E-state index contributed by atoms with van der Waals surface area (Å²) in [7, 11) is 2.07. The molecule has 2 aliphatic rings. The van der Waals surface area contributed by atoms with Crippen molar-refractivity contribution in [3.63, 3.8) is 0 Å². The molecule has 3 nitrogen and oxygen atoms in total. The van der Waals surface area contributed by atoms with Crippen molar-refractivity contribution in [2.45, 2.75) is 19.3 Å². The fourth-order valence-corrected chi connectivity index (χ4v) is 2.32. The van der Waals surface area contributed by atoms with Crippen LogP contribution in [0.4, 0.5) is 0 Å². The number of carboxylic acid groups (broad SMARTS) is 1. The number of hydrogen-bond donors (Lipinski definition) is 1. The monoisotopic (exact) mass is 169 g/mol. The highest BCUT2D eigenvalue weighted by Gasteiger charge is 2.56. The topological polar surface area (TPSA) is 40.5 Å². The smallest absolute Gasteiger partial charge is 0.309 e. The molecule has 0 amide bonds. The van der Waals surface area contributed by atoms with Crippen molar-refractivity contribution >= 4 is 5.97 Å². The zero-order chi connectivity index (χ0) is 8.77. The van der Waals surface area contributed by atoms with E-state index in [0.29, 0.717) is 5.92 Å². The van der Waals surface area contributed by atoms with Gasteiger partial charge in [0.25, 0.3) is 0 Å². The zero-order valence-corrected chi connectivity index (χ0v) is 7.42. The van der Waals surface area contributed by atoms with E-state index in [1.54, 1.807) is 0 Å². The highest BCUT2D eigenvalue weighted by Crippen LogP contribution is 2.54. The molecule has 0 aromatic carbocycles. The number of aliphatic carboxylic acids is 1. The van der Waals surface area contributed by atoms with E-state index in [4.69, 9.17) is 5.11 Å². The summed E-state index contributed by atoms with van der Waals surface area (Å²) >= 11 is 0. The lowest BCUT2D eigenvalue weighted by Gasteiger charge is -2.17. The molecule has 3 heteroatoms. The highest BCUT2D eigenvalue weighted by atomic mass is 16.4. The molecule has 2 rings (SSSR count). The Morgan fingerprint density at radius 2 is 2.25 bits per heavy atom. The molecular formula is C9H15NO2. The fraction of sp³-hybridized carbons (Fsp3) is 0.889. The van der Waals surface area contributed by atoms with Crippen molar-refractivity contribution in [2.24, 2.45) is 11.3 Å². The minimum atomic E-state index is -0.567. The second kappa shape index (κ2) is 2.46. The fourth-order valence-electron chi connectivity index (χ4n) is 2.32. The molecular weight excluding hydrogens is 154 g/mol.